The molecule has 0 amide bonds. The molecule has 0 aromatic heterocycles. The molecule has 2 rings (SSSR count). The number of carbonyl (C=O) groups is 1. The summed E-state index contributed by atoms with van der Waals surface area (Å²) >= 11 is 1.74. The number of hydrogen-bond donors (Lipinski definition) is 0. The van der Waals surface area contributed by atoms with Gasteiger partial charge in [-0.05, 0) is 0 Å². The van der Waals surface area contributed by atoms with Crippen LogP contribution < -0.4 is 45.3 Å². The summed E-state index contributed by atoms with van der Waals surface area (Å²) in [5, 5.41) is 0. The van der Waals surface area contributed by atoms with Gasteiger partial charge in [0.1, 0.15) is 0 Å². The Bertz CT molecular complexity index is 1050. The van der Waals surface area contributed by atoms with Gasteiger partial charge in [0.2, 0.25) is 0 Å². The fourth-order valence-electron chi connectivity index (χ4n) is 4.20. The maximum atomic E-state index is 12.9. The minimum absolute atomic E-state index is 0. The molecule has 0 unspecified atom stereocenters. The molecule has 0 radical (unpaired) electrons. The van der Waals surface area contributed by atoms with Gasteiger partial charge in [-0.15, -0.1) is 0 Å². The summed E-state index contributed by atoms with van der Waals surface area (Å²) in [6, 6.07) is 4.42. The number of ether oxygens (including phenoxy) is 1. The van der Waals surface area contributed by atoms with Crippen LogP contribution in [0.25, 0.3) is 11.1 Å². The maximum Gasteiger partial charge on any atom is -1.00 e. The van der Waals surface area contributed by atoms with Gasteiger partial charge in [-0.3, -0.25) is 0 Å². The first kappa shape index (κ1) is 37.4. The van der Waals surface area contributed by atoms with Crippen molar-refractivity contribution < 1.29 is 70.9 Å². The molecule has 2 aromatic carbocycles. The van der Waals surface area contributed by atoms with E-state index in [1.165, 1.54) is 11.1 Å². The van der Waals surface area contributed by atoms with Gasteiger partial charge in [-0.1, -0.05) is 0 Å². The Morgan fingerprint density at radius 2 is 1.17 bits per heavy atom. The molecule has 0 aliphatic carbocycles. The first-order chi connectivity index (χ1) is 15.1. The normalized spacial score (nSPS) is 11.1. The average molecular weight is 592 g/mol. The van der Waals surface area contributed by atoms with E-state index in [1.807, 2.05) is 0 Å². The smallest absolute Gasteiger partial charge is 1.00 e. The van der Waals surface area contributed by atoms with Crippen LogP contribution in [0.1, 0.15) is 101 Å². The minimum Gasteiger partial charge on any atom is -1.00 e. The average Bonchev–Trinajstić information content (AvgIpc) is 2.69. The third-order valence-corrected chi connectivity index (χ3v) is 6.84. The summed E-state index contributed by atoms with van der Waals surface area (Å²) in [6.45, 7) is 23.8. The molecule has 0 aliphatic rings. The zero-order valence-corrected chi connectivity index (χ0v) is 27.5. The number of hydrogen-bond acceptors (Lipinski definition) is 3. The van der Waals surface area contributed by atoms with Crippen LogP contribution in [-0.2, 0) is 36.4 Å². The van der Waals surface area contributed by atoms with Gasteiger partial charge in [0.25, 0.3) is 0 Å². The van der Waals surface area contributed by atoms with Gasteiger partial charge < -0.3 is 37.2 Å². The molecule has 200 valence electrons. The van der Waals surface area contributed by atoms with E-state index in [0.717, 1.165) is 52.0 Å². The van der Waals surface area contributed by atoms with E-state index in [4.69, 9.17) is 8.06 Å². The van der Waals surface area contributed by atoms with Crippen LogP contribution in [0, 0.1) is 27.7 Å². The second-order valence-electron chi connectivity index (χ2n) is 11.3. The molecule has 7 heteroatoms. The molecule has 2 aromatic rings. The molecule has 0 spiro atoms. The molecule has 0 fully saturated rings. The molecule has 0 atom stereocenters. The van der Waals surface area contributed by atoms with Crippen LogP contribution in [-0.4, -0.2) is 5.97 Å². The molecule has 0 aliphatic heterocycles. The van der Waals surface area contributed by atoms with Crippen molar-refractivity contribution in [3.63, 3.8) is 0 Å². The Kier molecular flexibility index (Phi) is 15.0. The van der Waals surface area contributed by atoms with E-state index >= 15 is 0 Å². The summed E-state index contributed by atoms with van der Waals surface area (Å²) in [7, 11) is 0. The molecule has 0 saturated carbocycles. The first-order valence-corrected chi connectivity index (χ1v) is 12.6. The number of unbranched alkanes of at least 4 members (excludes halogenated alkanes) is 1. The molecule has 0 heterocycles. The predicted octanol–water partition coefficient (Wildman–Crippen LogP) is -0.870. The quantitative estimate of drug-likeness (QED) is 0.249. The Morgan fingerprint density at radius 1 is 0.778 bits per heavy atom. The standard InChI is InChI=1S/C29H42O3.3ClH.Ti/c1-12-13-14-23(30)32-27-22(29(9,10)11)16-18(3)20(5)25(27)24-19(4)17(2)15-21(26(24)31)28(6,7)8;;;;/h15-16,31H,12-14H2,1-11H3;3*1H;/q;;;;+4/p-4. The number of benzene rings is 2. The number of carbonyl (C=O) groups excluding carboxylic acids is 1. The van der Waals surface area contributed by atoms with Crippen LogP contribution >= 0.6 is 0 Å². The fraction of sp³-hybridized carbons (Fsp3) is 0.552. The summed E-state index contributed by atoms with van der Waals surface area (Å²) < 4.78 is 12.3. The zero-order chi connectivity index (χ0) is 25.3. The van der Waals surface area contributed by atoms with E-state index in [2.05, 4.69) is 88.3 Å². The zero-order valence-electron chi connectivity index (χ0n) is 23.6. The number of rotatable bonds is 6. The van der Waals surface area contributed by atoms with Gasteiger partial charge in [-0.2, -0.15) is 0 Å². The summed E-state index contributed by atoms with van der Waals surface area (Å²) in [6.07, 6.45) is 2.20. The summed E-state index contributed by atoms with van der Waals surface area (Å²) in [4.78, 5) is 12.9. The van der Waals surface area contributed by atoms with Gasteiger partial charge in [-0.25, -0.2) is 0 Å². The van der Waals surface area contributed by atoms with Crippen molar-refractivity contribution in [2.45, 2.75) is 106 Å². The van der Waals surface area contributed by atoms with Gasteiger partial charge in [0.05, 0.1) is 0 Å². The Morgan fingerprint density at radius 3 is 1.53 bits per heavy atom. The SMILES string of the molecule is CCCCC(=O)Oc1c(C(C)(C)C)cc(C)c(C)c1-c1c(C)c(C)cc(C(C)(C)C)c1[O][Ti+3].[Cl-].[Cl-].[Cl-]. The van der Waals surface area contributed by atoms with E-state index in [0.29, 0.717) is 12.2 Å². The van der Waals surface area contributed by atoms with Crippen molar-refractivity contribution in [2.24, 2.45) is 0 Å². The van der Waals surface area contributed by atoms with Crippen molar-refractivity contribution >= 4 is 5.97 Å². The summed E-state index contributed by atoms with van der Waals surface area (Å²) in [5.74, 6) is 1.37. The minimum atomic E-state index is -0.189. The van der Waals surface area contributed by atoms with Gasteiger partial charge in [0, 0.05) is 0 Å². The van der Waals surface area contributed by atoms with E-state index < -0.39 is 0 Å². The second kappa shape index (κ2) is 14.4. The van der Waals surface area contributed by atoms with Crippen LogP contribution in [0.4, 0.5) is 0 Å². The van der Waals surface area contributed by atoms with Gasteiger partial charge >= 0.3 is 214 Å². The predicted molar refractivity (Wildman–Crippen MR) is 134 cm³/mol. The van der Waals surface area contributed by atoms with Crippen LogP contribution in [0.3, 0.4) is 0 Å². The van der Waals surface area contributed by atoms with Crippen LogP contribution in [0.2, 0.25) is 0 Å². The molecule has 3 nitrogen and oxygen atoms in total. The molecular weight excluding hydrogens is 551 g/mol. The van der Waals surface area contributed by atoms with Crippen molar-refractivity contribution in [1.82, 2.24) is 0 Å². The molecule has 0 saturated heterocycles. The van der Waals surface area contributed by atoms with Crippen molar-refractivity contribution in [3.8, 4) is 22.6 Å². The topological polar surface area (TPSA) is 35.5 Å². The molecule has 0 bridgehead atoms. The Labute approximate surface area is 250 Å². The summed E-state index contributed by atoms with van der Waals surface area (Å²) in [5.41, 5.74) is 8.59. The number of halogens is 3. The third-order valence-electron chi connectivity index (χ3n) is 6.52. The molecular formula is C29H41Cl3O3Ti. The fourth-order valence-corrected chi connectivity index (χ4v) is 4.53. The molecule has 36 heavy (non-hydrogen) atoms. The third kappa shape index (κ3) is 8.14. The van der Waals surface area contributed by atoms with E-state index in [9.17, 15) is 4.79 Å². The van der Waals surface area contributed by atoms with Gasteiger partial charge in [0.15, 0.2) is 0 Å². The monoisotopic (exact) mass is 590 g/mol. The van der Waals surface area contributed by atoms with E-state index in [-0.39, 0.29) is 54.0 Å². The second-order valence-corrected chi connectivity index (χ2v) is 11.6. The largest absolute Gasteiger partial charge is 1.00 e. The van der Waals surface area contributed by atoms with Crippen molar-refractivity contribution in [1.29, 1.82) is 0 Å². The van der Waals surface area contributed by atoms with Crippen LogP contribution in [0.5, 0.6) is 11.5 Å². The van der Waals surface area contributed by atoms with Crippen molar-refractivity contribution in [3.05, 3.63) is 45.5 Å². The van der Waals surface area contributed by atoms with E-state index in [1.54, 1.807) is 20.8 Å². The molecule has 0 N–H and O–H groups in total. The number of esters is 1. The first-order valence-electron chi connectivity index (χ1n) is 12.0. The number of aryl methyl sites for hydroxylation is 2. The van der Waals surface area contributed by atoms with Crippen LogP contribution in [0.15, 0.2) is 12.1 Å². The van der Waals surface area contributed by atoms with Crippen molar-refractivity contribution in [2.75, 3.05) is 0 Å². The Hall–Kier alpha value is -0.706. The Balaban J connectivity index is 0. The maximum absolute atomic E-state index is 12.9.